The van der Waals surface area contributed by atoms with Crippen LogP contribution >= 0.6 is 0 Å². The predicted octanol–water partition coefficient (Wildman–Crippen LogP) is 1.85. The molecule has 4 heteroatoms. The van der Waals surface area contributed by atoms with Gasteiger partial charge in [-0.25, -0.2) is 0 Å². The molecule has 0 fully saturated rings. The number of carbonyl (C=O) groups excluding carboxylic acids is 2. The SMILES string of the molecule is COc1cc(C=O)ccc1-c1cccc(C(=O)[O-])c1C. The van der Waals surface area contributed by atoms with Gasteiger partial charge in [-0.3, -0.25) is 4.79 Å². The molecule has 0 aromatic heterocycles. The van der Waals surface area contributed by atoms with Gasteiger partial charge in [0.1, 0.15) is 12.0 Å². The van der Waals surface area contributed by atoms with Crippen molar-refractivity contribution in [1.82, 2.24) is 0 Å². The summed E-state index contributed by atoms with van der Waals surface area (Å²) in [6.45, 7) is 1.72. The number of ether oxygens (including phenoxy) is 1. The first-order valence-electron chi connectivity index (χ1n) is 6.03. The average Bonchev–Trinajstić information content (AvgIpc) is 2.46. The second-order valence-electron chi connectivity index (χ2n) is 4.34. The predicted molar refractivity (Wildman–Crippen MR) is 72.9 cm³/mol. The molecule has 0 radical (unpaired) electrons. The van der Waals surface area contributed by atoms with E-state index in [0.29, 0.717) is 16.9 Å². The van der Waals surface area contributed by atoms with Crippen LogP contribution in [-0.2, 0) is 0 Å². The van der Waals surface area contributed by atoms with Crippen LogP contribution in [0, 0.1) is 6.92 Å². The van der Waals surface area contributed by atoms with Gasteiger partial charge in [0.15, 0.2) is 0 Å². The Morgan fingerprint density at radius 1 is 1.20 bits per heavy atom. The van der Waals surface area contributed by atoms with Crippen LogP contribution in [0.5, 0.6) is 5.75 Å². The maximum absolute atomic E-state index is 11.1. The highest BCUT2D eigenvalue weighted by atomic mass is 16.5. The van der Waals surface area contributed by atoms with Crippen molar-refractivity contribution >= 4 is 12.3 Å². The Morgan fingerprint density at radius 2 is 1.95 bits per heavy atom. The molecule has 0 spiro atoms. The molecule has 0 heterocycles. The van der Waals surface area contributed by atoms with Crippen molar-refractivity contribution in [2.24, 2.45) is 0 Å². The Kier molecular flexibility index (Phi) is 3.84. The molecule has 0 bridgehead atoms. The van der Waals surface area contributed by atoms with Crippen LogP contribution in [0.25, 0.3) is 11.1 Å². The summed E-state index contributed by atoms with van der Waals surface area (Å²) in [5, 5.41) is 11.1. The van der Waals surface area contributed by atoms with Crippen molar-refractivity contribution in [1.29, 1.82) is 0 Å². The van der Waals surface area contributed by atoms with Crippen LogP contribution in [0.2, 0.25) is 0 Å². The number of benzene rings is 2. The molecule has 0 N–H and O–H groups in total. The molecule has 4 nitrogen and oxygen atoms in total. The lowest BCUT2D eigenvalue weighted by atomic mass is 9.95. The Balaban J connectivity index is 2.65. The van der Waals surface area contributed by atoms with Crippen LogP contribution in [0.4, 0.5) is 0 Å². The number of hydrogen-bond donors (Lipinski definition) is 0. The molecule has 0 unspecified atom stereocenters. The number of rotatable bonds is 4. The largest absolute Gasteiger partial charge is 0.545 e. The highest BCUT2D eigenvalue weighted by Gasteiger charge is 2.11. The highest BCUT2D eigenvalue weighted by Crippen LogP contribution is 2.33. The third-order valence-electron chi connectivity index (χ3n) is 3.21. The Hall–Kier alpha value is -2.62. The normalized spacial score (nSPS) is 10.1. The second kappa shape index (κ2) is 5.57. The van der Waals surface area contributed by atoms with Gasteiger partial charge in [-0.1, -0.05) is 24.3 Å². The van der Waals surface area contributed by atoms with Gasteiger partial charge < -0.3 is 14.6 Å². The van der Waals surface area contributed by atoms with Gasteiger partial charge in [-0.05, 0) is 30.2 Å². The summed E-state index contributed by atoms with van der Waals surface area (Å²) in [5.74, 6) is -0.693. The minimum atomic E-state index is -1.21. The van der Waals surface area contributed by atoms with E-state index in [9.17, 15) is 14.7 Å². The molecular formula is C16H13O4-. The first-order valence-corrected chi connectivity index (χ1v) is 6.03. The number of carboxylic acids is 1. The zero-order valence-corrected chi connectivity index (χ0v) is 11.2. The number of carboxylic acid groups (broad SMARTS) is 1. The highest BCUT2D eigenvalue weighted by molar-refractivity contribution is 5.91. The Labute approximate surface area is 116 Å². The van der Waals surface area contributed by atoms with E-state index in [1.165, 1.54) is 13.2 Å². The molecule has 0 aliphatic carbocycles. The third kappa shape index (κ3) is 2.40. The lowest BCUT2D eigenvalue weighted by molar-refractivity contribution is -0.255. The lowest BCUT2D eigenvalue weighted by Gasteiger charge is -2.15. The van der Waals surface area contributed by atoms with Crippen LogP contribution in [0.1, 0.15) is 26.3 Å². The first-order chi connectivity index (χ1) is 9.58. The van der Waals surface area contributed by atoms with Crippen molar-refractivity contribution in [3.8, 4) is 16.9 Å². The van der Waals surface area contributed by atoms with Gasteiger partial charge in [0.2, 0.25) is 0 Å². The average molecular weight is 269 g/mol. The fourth-order valence-corrected chi connectivity index (χ4v) is 2.15. The van der Waals surface area contributed by atoms with E-state index in [4.69, 9.17) is 4.74 Å². The number of methoxy groups -OCH3 is 1. The van der Waals surface area contributed by atoms with E-state index in [1.807, 2.05) is 0 Å². The fraction of sp³-hybridized carbons (Fsp3) is 0.125. The smallest absolute Gasteiger partial charge is 0.150 e. The monoisotopic (exact) mass is 269 g/mol. The number of aromatic carboxylic acids is 1. The van der Waals surface area contributed by atoms with Gasteiger partial charge in [0, 0.05) is 16.7 Å². The van der Waals surface area contributed by atoms with Gasteiger partial charge in [0.05, 0.1) is 13.1 Å². The molecule has 2 rings (SSSR count). The quantitative estimate of drug-likeness (QED) is 0.794. The number of aldehydes is 1. The van der Waals surface area contributed by atoms with E-state index < -0.39 is 5.97 Å². The van der Waals surface area contributed by atoms with Crippen LogP contribution in [0.3, 0.4) is 0 Å². The molecule has 2 aromatic carbocycles. The van der Waals surface area contributed by atoms with E-state index in [0.717, 1.165) is 17.4 Å². The molecule has 0 amide bonds. The van der Waals surface area contributed by atoms with Crippen molar-refractivity contribution in [2.75, 3.05) is 7.11 Å². The molecule has 0 saturated heterocycles. The van der Waals surface area contributed by atoms with Crippen molar-refractivity contribution in [2.45, 2.75) is 6.92 Å². The topological polar surface area (TPSA) is 66.4 Å². The van der Waals surface area contributed by atoms with Gasteiger partial charge in [0.25, 0.3) is 0 Å². The fourth-order valence-electron chi connectivity index (χ4n) is 2.15. The summed E-state index contributed by atoms with van der Waals surface area (Å²) in [5.41, 5.74) is 2.72. The van der Waals surface area contributed by atoms with Crippen LogP contribution in [-0.4, -0.2) is 19.4 Å². The summed E-state index contributed by atoms with van der Waals surface area (Å²) >= 11 is 0. The molecule has 0 saturated carbocycles. The molecule has 0 atom stereocenters. The number of hydrogen-bond acceptors (Lipinski definition) is 4. The Morgan fingerprint density at radius 3 is 2.55 bits per heavy atom. The summed E-state index contributed by atoms with van der Waals surface area (Å²) in [4.78, 5) is 21.9. The first kappa shape index (κ1) is 13.8. The van der Waals surface area contributed by atoms with E-state index in [1.54, 1.807) is 37.3 Å². The third-order valence-corrected chi connectivity index (χ3v) is 3.21. The molecule has 20 heavy (non-hydrogen) atoms. The molecule has 2 aromatic rings. The minimum Gasteiger partial charge on any atom is -0.545 e. The van der Waals surface area contributed by atoms with E-state index >= 15 is 0 Å². The van der Waals surface area contributed by atoms with Crippen LogP contribution in [0.15, 0.2) is 36.4 Å². The van der Waals surface area contributed by atoms with Crippen molar-refractivity contribution < 1.29 is 19.4 Å². The van der Waals surface area contributed by atoms with Crippen molar-refractivity contribution in [3.05, 3.63) is 53.1 Å². The van der Waals surface area contributed by atoms with Crippen molar-refractivity contribution in [3.63, 3.8) is 0 Å². The van der Waals surface area contributed by atoms with Gasteiger partial charge in [-0.2, -0.15) is 0 Å². The zero-order chi connectivity index (χ0) is 14.7. The molecular weight excluding hydrogens is 256 g/mol. The van der Waals surface area contributed by atoms with Gasteiger partial charge in [-0.15, -0.1) is 0 Å². The summed E-state index contributed by atoms with van der Waals surface area (Å²) in [6.07, 6.45) is 0.733. The van der Waals surface area contributed by atoms with E-state index in [-0.39, 0.29) is 5.56 Å². The minimum absolute atomic E-state index is 0.143. The summed E-state index contributed by atoms with van der Waals surface area (Å²) in [7, 11) is 1.51. The van der Waals surface area contributed by atoms with E-state index in [2.05, 4.69) is 0 Å². The zero-order valence-electron chi connectivity index (χ0n) is 11.2. The summed E-state index contributed by atoms with van der Waals surface area (Å²) in [6, 6.07) is 9.98. The second-order valence-corrected chi connectivity index (χ2v) is 4.34. The maximum Gasteiger partial charge on any atom is 0.150 e. The molecule has 0 aliphatic rings. The lowest BCUT2D eigenvalue weighted by Crippen LogP contribution is -2.23. The molecule has 102 valence electrons. The van der Waals surface area contributed by atoms with Gasteiger partial charge >= 0.3 is 0 Å². The maximum atomic E-state index is 11.1. The summed E-state index contributed by atoms with van der Waals surface area (Å²) < 4.78 is 5.28. The Bertz CT molecular complexity index is 674. The molecule has 0 aliphatic heterocycles. The standard InChI is InChI=1S/C16H14O4/c1-10-12(4-3-5-13(10)16(18)19)14-7-6-11(9-17)8-15(14)20-2/h3-9H,1-2H3,(H,18,19)/p-1. The van der Waals surface area contributed by atoms with Crippen LogP contribution < -0.4 is 9.84 Å². The number of carbonyl (C=O) groups is 2.